The first-order valence-corrected chi connectivity index (χ1v) is 15.2. The molecule has 0 aliphatic heterocycles. The second kappa shape index (κ2) is 12.1. The minimum Gasteiger partial charge on any atom is -0.364 e. The van der Waals surface area contributed by atoms with Crippen molar-refractivity contribution in [3.05, 3.63) is 88.2 Å². The van der Waals surface area contributed by atoms with Gasteiger partial charge in [-0.25, -0.2) is 13.4 Å². The molecule has 212 valence electrons. The second-order valence-corrected chi connectivity index (χ2v) is 11.9. The number of carbonyl (C=O) groups is 1. The summed E-state index contributed by atoms with van der Waals surface area (Å²) in [7, 11) is -3.67. The van der Waals surface area contributed by atoms with Gasteiger partial charge in [-0.3, -0.25) is 9.52 Å². The van der Waals surface area contributed by atoms with Crippen molar-refractivity contribution >= 4 is 21.7 Å². The standard InChI is InChI=1S/C30H37N5O4S/c1-6-10-27-32-26(7-2)28(29(31)36)35(27)17-22-13-15-23(16-14-22)25-12-9-8-11-24(25)19(3)18-40(37,38)34-30-20(4)21(5)39-33-30/h8-9,11-16,19H,6-7,10,17-18H2,1-5H3,(H2,31,36)(H,33,34). The van der Waals surface area contributed by atoms with Crippen molar-refractivity contribution in [3.8, 4) is 11.1 Å². The third kappa shape index (κ3) is 6.28. The average Bonchev–Trinajstić information content (AvgIpc) is 3.43. The van der Waals surface area contributed by atoms with Crippen LogP contribution in [0.3, 0.4) is 0 Å². The number of carbonyl (C=O) groups excluding carboxylic acids is 1. The molecule has 0 radical (unpaired) electrons. The summed E-state index contributed by atoms with van der Waals surface area (Å²) in [5.74, 6) is 0.802. The predicted octanol–water partition coefficient (Wildman–Crippen LogP) is 5.36. The number of amides is 1. The fourth-order valence-electron chi connectivity index (χ4n) is 4.94. The van der Waals surface area contributed by atoms with Crippen LogP contribution in [0.5, 0.6) is 0 Å². The van der Waals surface area contributed by atoms with E-state index in [0.29, 0.717) is 30.0 Å². The fraction of sp³-hybridized carbons (Fsp3) is 0.367. The van der Waals surface area contributed by atoms with Crippen LogP contribution < -0.4 is 10.5 Å². The first-order valence-electron chi connectivity index (χ1n) is 13.5. The lowest BCUT2D eigenvalue weighted by Gasteiger charge is -2.18. The summed E-state index contributed by atoms with van der Waals surface area (Å²) in [5, 5.41) is 3.82. The van der Waals surface area contributed by atoms with Crippen molar-refractivity contribution in [2.24, 2.45) is 5.73 Å². The number of hydrogen-bond donors (Lipinski definition) is 2. The lowest BCUT2D eigenvalue weighted by Crippen LogP contribution is -2.21. The van der Waals surface area contributed by atoms with Gasteiger partial charge in [0.1, 0.15) is 17.3 Å². The smallest absolute Gasteiger partial charge is 0.267 e. The van der Waals surface area contributed by atoms with Crippen LogP contribution in [-0.4, -0.2) is 34.8 Å². The topological polar surface area (TPSA) is 133 Å². The summed E-state index contributed by atoms with van der Waals surface area (Å²) in [6.45, 7) is 9.95. The van der Waals surface area contributed by atoms with Gasteiger partial charge in [-0.05, 0) is 54.9 Å². The molecule has 10 heteroatoms. The zero-order valence-corrected chi connectivity index (χ0v) is 24.5. The van der Waals surface area contributed by atoms with E-state index in [4.69, 9.17) is 15.2 Å². The van der Waals surface area contributed by atoms with Crippen LogP contribution in [0.25, 0.3) is 11.1 Å². The molecule has 4 aromatic rings. The summed E-state index contributed by atoms with van der Waals surface area (Å²) in [6.07, 6.45) is 2.31. The molecule has 0 bridgehead atoms. The molecule has 40 heavy (non-hydrogen) atoms. The monoisotopic (exact) mass is 563 g/mol. The quantitative estimate of drug-likeness (QED) is 0.238. The minimum atomic E-state index is -3.67. The molecule has 0 fully saturated rings. The normalized spacial score (nSPS) is 12.4. The van der Waals surface area contributed by atoms with E-state index < -0.39 is 15.9 Å². The Balaban J connectivity index is 1.57. The summed E-state index contributed by atoms with van der Waals surface area (Å²) < 4.78 is 35.5. The van der Waals surface area contributed by atoms with E-state index in [9.17, 15) is 13.2 Å². The van der Waals surface area contributed by atoms with Crippen LogP contribution in [0.15, 0.2) is 53.1 Å². The molecule has 2 heterocycles. The molecule has 2 aromatic carbocycles. The number of aromatic nitrogens is 3. The van der Waals surface area contributed by atoms with Crippen molar-refractivity contribution < 1.29 is 17.7 Å². The maximum atomic E-state index is 13.0. The van der Waals surface area contributed by atoms with Crippen LogP contribution in [0.1, 0.15) is 77.6 Å². The lowest BCUT2D eigenvalue weighted by atomic mass is 9.92. The second-order valence-electron chi connectivity index (χ2n) is 10.2. The van der Waals surface area contributed by atoms with Crippen molar-refractivity contribution in [1.29, 1.82) is 0 Å². The highest BCUT2D eigenvalue weighted by molar-refractivity contribution is 7.92. The van der Waals surface area contributed by atoms with E-state index in [0.717, 1.165) is 46.6 Å². The zero-order chi connectivity index (χ0) is 29.0. The van der Waals surface area contributed by atoms with E-state index in [2.05, 4.69) is 16.8 Å². The van der Waals surface area contributed by atoms with E-state index in [1.807, 2.05) is 66.9 Å². The minimum absolute atomic E-state index is 0.107. The largest absolute Gasteiger partial charge is 0.364 e. The van der Waals surface area contributed by atoms with Crippen LogP contribution in [0.2, 0.25) is 0 Å². The van der Waals surface area contributed by atoms with E-state index >= 15 is 0 Å². The molecule has 2 aromatic heterocycles. The molecule has 4 rings (SSSR count). The molecule has 1 unspecified atom stereocenters. The molecule has 0 saturated carbocycles. The maximum absolute atomic E-state index is 13.0. The molecular formula is C30H37N5O4S. The maximum Gasteiger partial charge on any atom is 0.267 e. The summed E-state index contributed by atoms with van der Waals surface area (Å²) in [4.78, 5) is 17.0. The van der Waals surface area contributed by atoms with Crippen molar-refractivity contribution in [2.75, 3.05) is 10.5 Å². The third-order valence-electron chi connectivity index (χ3n) is 7.14. The number of nitrogens with two attached hydrogens (primary N) is 1. The van der Waals surface area contributed by atoms with Crippen LogP contribution in [0, 0.1) is 13.8 Å². The van der Waals surface area contributed by atoms with Gasteiger partial charge in [0.25, 0.3) is 5.91 Å². The van der Waals surface area contributed by atoms with Gasteiger partial charge in [0.2, 0.25) is 10.0 Å². The summed E-state index contributed by atoms with van der Waals surface area (Å²) in [6, 6.07) is 15.9. The number of anilines is 1. The van der Waals surface area contributed by atoms with Crippen molar-refractivity contribution in [2.45, 2.75) is 66.3 Å². The van der Waals surface area contributed by atoms with Gasteiger partial charge in [0.15, 0.2) is 5.82 Å². The highest BCUT2D eigenvalue weighted by Crippen LogP contribution is 2.31. The number of nitrogens with zero attached hydrogens (tertiary/aromatic N) is 3. The molecule has 0 spiro atoms. The van der Waals surface area contributed by atoms with Gasteiger partial charge in [-0.2, -0.15) is 0 Å². The Kier molecular flexibility index (Phi) is 8.78. The van der Waals surface area contributed by atoms with Gasteiger partial charge in [0.05, 0.1) is 11.4 Å². The number of aryl methyl sites for hydroxylation is 3. The number of imidazole rings is 1. The molecular weight excluding hydrogens is 526 g/mol. The predicted molar refractivity (Wildman–Crippen MR) is 157 cm³/mol. The van der Waals surface area contributed by atoms with Gasteiger partial charge >= 0.3 is 0 Å². The van der Waals surface area contributed by atoms with Crippen LogP contribution in [-0.2, 0) is 29.4 Å². The highest BCUT2D eigenvalue weighted by atomic mass is 32.2. The van der Waals surface area contributed by atoms with Crippen LogP contribution in [0.4, 0.5) is 5.82 Å². The SMILES string of the molecule is CCCc1nc(CC)c(C(N)=O)n1Cc1ccc(-c2ccccc2C(C)CS(=O)(=O)Nc2noc(C)c2C)cc1. The number of benzene rings is 2. The van der Waals surface area contributed by atoms with Gasteiger partial charge < -0.3 is 14.8 Å². The lowest BCUT2D eigenvalue weighted by molar-refractivity contribution is 0.0990. The molecule has 0 aliphatic rings. The third-order valence-corrected chi connectivity index (χ3v) is 8.58. The van der Waals surface area contributed by atoms with Gasteiger partial charge in [-0.1, -0.05) is 74.5 Å². The number of sulfonamides is 1. The zero-order valence-electron chi connectivity index (χ0n) is 23.7. The molecule has 0 aliphatic carbocycles. The number of primary amides is 1. The Morgan fingerprint density at radius 1 is 1.10 bits per heavy atom. The molecule has 1 atom stereocenters. The first-order chi connectivity index (χ1) is 19.0. The van der Waals surface area contributed by atoms with Gasteiger partial charge in [0, 0.05) is 18.5 Å². The Labute approximate surface area is 235 Å². The Morgan fingerprint density at radius 2 is 1.80 bits per heavy atom. The van der Waals surface area contributed by atoms with E-state index in [1.54, 1.807) is 13.8 Å². The van der Waals surface area contributed by atoms with Crippen molar-refractivity contribution in [1.82, 2.24) is 14.7 Å². The fourth-order valence-corrected chi connectivity index (χ4v) is 6.35. The highest BCUT2D eigenvalue weighted by Gasteiger charge is 2.23. The van der Waals surface area contributed by atoms with Crippen molar-refractivity contribution in [3.63, 3.8) is 0 Å². The Morgan fingerprint density at radius 3 is 2.40 bits per heavy atom. The Bertz CT molecular complexity index is 1600. The first kappa shape index (κ1) is 29.1. The van der Waals surface area contributed by atoms with Crippen LogP contribution >= 0.6 is 0 Å². The average molecular weight is 564 g/mol. The Hall–Kier alpha value is -3.92. The van der Waals surface area contributed by atoms with Gasteiger partial charge in [-0.15, -0.1) is 0 Å². The molecule has 0 saturated heterocycles. The number of nitrogens with one attached hydrogen (secondary N) is 1. The van der Waals surface area contributed by atoms with E-state index in [1.165, 1.54) is 0 Å². The molecule has 9 nitrogen and oxygen atoms in total. The molecule has 1 amide bonds. The molecule has 3 N–H and O–H groups in total. The summed E-state index contributed by atoms with van der Waals surface area (Å²) >= 11 is 0. The number of hydrogen-bond acceptors (Lipinski definition) is 6. The van der Waals surface area contributed by atoms with E-state index in [-0.39, 0.29) is 17.5 Å². The number of rotatable bonds is 12. The summed E-state index contributed by atoms with van der Waals surface area (Å²) in [5.41, 5.74) is 11.5.